The van der Waals surface area contributed by atoms with Crippen molar-refractivity contribution in [3.8, 4) is 11.3 Å². The molecule has 2 aromatic heterocycles. The first-order chi connectivity index (χ1) is 17.4. The lowest BCUT2D eigenvalue weighted by Crippen LogP contribution is -2.62. The Morgan fingerprint density at radius 3 is 2.43 bits per heavy atom. The maximum Gasteiger partial charge on any atom is 0.415 e. The molecule has 2 fully saturated rings. The largest absolute Gasteiger partial charge is 0.415 e. The number of amides is 1. The van der Waals surface area contributed by atoms with Gasteiger partial charge in [-0.05, 0) is 26.7 Å². The molecule has 2 saturated heterocycles. The van der Waals surface area contributed by atoms with E-state index in [-0.39, 0.29) is 19.0 Å². The lowest BCUT2D eigenvalue weighted by Gasteiger charge is -2.38. The molecule has 1 amide bonds. The molecule has 2 aromatic rings. The number of nitrogens with two attached hydrogens (primary N) is 2. The standard InChI is InChI=1S/C23H30F3N9O2/c1-21(4-6-34(13-21)18(36)22(2,28)23(24,25)26)35-5-3-15-16(14-11-29-19(27)30-12-14)31-20(32-17(15)35)33-7-9-37-10-8-33/h11-12H,3-10,13,28H2,1-2H3,(H2,27,29,30)/t21-,22-/m0/s1. The fourth-order valence-electron chi connectivity index (χ4n) is 5.16. The van der Waals surface area contributed by atoms with Crippen LogP contribution in [0.2, 0.25) is 0 Å². The van der Waals surface area contributed by atoms with Gasteiger partial charge in [0.05, 0.1) is 24.4 Å². The van der Waals surface area contributed by atoms with Crippen molar-refractivity contribution in [2.75, 3.05) is 61.5 Å². The molecule has 0 saturated carbocycles. The average Bonchev–Trinajstić information content (AvgIpc) is 3.48. The van der Waals surface area contributed by atoms with Gasteiger partial charge in [0.25, 0.3) is 5.91 Å². The van der Waals surface area contributed by atoms with E-state index in [1.54, 1.807) is 12.4 Å². The van der Waals surface area contributed by atoms with Crippen LogP contribution < -0.4 is 21.3 Å². The van der Waals surface area contributed by atoms with E-state index >= 15 is 0 Å². The molecule has 11 nitrogen and oxygen atoms in total. The number of fused-ring (bicyclic) bond motifs is 1. The van der Waals surface area contributed by atoms with Crippen molar-refractivity contribution in [2.24, 2.45) is 5.73 Å². The van der Waals surface area contributed by atoms with Crippen molar-refractivity contribution >= 4 is 23.6 Å². The number of morpholine rings is 1. The van der Waals surface area contributed by atoms with Gasteiger partial charge in [-0.25, -0.2) is 15.0 Å². The summed E-state index contributed by atoms with van der Waals surface area (Å²) in [6, 6.07) is 0. The molecule has 3 aliphatic rings. The van der Waals surface area contributed by atoms with E-state index < -0.39 is 23.2 Å². The highest BCUT2D eigenvalue weighted by Crippen LogP contribution is 2.42. The van der Waals surface area contributed by atoms with Crippen LogP contribution in [0.1, 0.15) is 25.8 Å². The molecule has 0 unspecified atom stereocenters. The summed E-state index contributed by atoms with van der Waals surface area (Å²) in [5.41, 5.74) is 9.83. The number of anilines is 3. The predicted molar refractivity (Wildman–Crippen MR) is 130 cm³/mol. The van der Waals surface area contributed by atoms with Gasteiger partial charge >= 0.3 is 6.18 Å². The molecule has 0 bridgehead atoms. The van der Waals surface area contributed by atoms with Gasteiger partial charge in [0.2, 0.25) is 11.9 Å². The smallest absolute Gasteiger partial charge is 0.378 e. The van der Waals surface area contributed by atoms with E-state index in [2.05, 4.69) is 14.9 Å². The quantitative estimate of drug-likeness (QED) is 0.599. The zero-order chi connectivity index (χ0) is 26.6. The van der Waals surface area contributed by atoms with E-state index in [0.717, 1.165) is 12.5 Å². The Kier molecular flexibility index (Phi) is 6.14. The third-order valence-corrected chi connectivity index (χ3v) is 7.48. The van der Waals surface area contributed by atoms with Crippen LogP contribution in [-0.2, 0) is 16.0 Å². The summed E-state index contributed by atoms with van der Waals surface area (Å²) in [5.74, 6) is 0.256. The molecule has 0 spiro atoms. The van der Waals surface area contributed by atoms with Crippen LogP contribution in [0.15, 0.2) is 12.4 Å². The Morgan fingerprint density at radius 1 is 1.11 bits per heavy atom. The van der Waals surface area contributed by atoms with Crippen molar-refractivity contribution in [1.82, 2.24) is 24.8 Å². The van der Waals surface area contributed by atoms with Gasteiger partial charge in [-0.15, -0.1) is 0 Å². The molecular formula is C23H30F3N9O2. The molecule has 5 heterocycles. The highest BCUT2D eigenvalue weighted by atomic mass is 19.4. The molecule has 2 atom stereocenters. The number of likely N-dealkylation sites (tertiary alicyclic amines) is 1. The summed E-state index contributed by atoms with van der Waals surface area (Å²) >= 11 is 0. The molecular weight excluding hydrogens is 491 g/mol. The second-order valence-electron chi connectivity index (χ2n) is 10.2. The molecule has 37 heavy (non-hydrogen) atoms. The number of rotatable bonds is 4. The molecule has 0 aromatic carbocycles. The fraction of sp³-hybridized carbons (Fsp3) is 0.609. The van der Waals surface area contributed by atoms with Crippen LogP contribution in [0.3, 0.4) is 0 Å². The number of hydrogen-bond acceptors (Lipinski definition) is 10. The molecule has 4 N–H and O–H groups in total. The predicted octanol–water partition coefficient (Wildman–Crippen LogP) is 0.986. The normalized spacial score (nSPS) is 23.8. The summed E-state index contributed by atoms with van der Waals surface area (Å²) in [4.78, 5) is 36.1. The van der Waals surface area contributed by atoms with Gasteiger partial charge in [-0.2, -0.15) is 18.2 Å². The van der Waals surface area contributed by atoms with Gasteiger partial charge in [0, 0.05) is 56.2 Å². The molecule has 3 aliphatic heterocycles. The topological polar surface area (TPSA) is 140 Å². The Labute approximate surface area is 212 Å². The zero-order valence-electron chi connectivity index (χ0n) is 20.8. The molecule has 0 radical (unpaired) electrons. The Balaban J connectivity index is 1.50. The summed E-state index contributed by atoms with van der Waals surface area (Å²) in [6.07, 6.45) is -0.511. The molecule has 14 heteroatoms. The number of ether oxygens (including phenoxy) is 1. The van der Waals surface area contributed by atoms with Crippen LogP contribution in [0, 0.1) is 0 Å². The van der Waals surface area contributed by atoms with E-state index in [9.17, 15) is 18.0 Å². The number of halogens is 3. The maximum atomic E-state index is 13.4. The average molecular weight is 522 g/mol. The number of aromatic nitrogens is 4. The van der Waals surface area contributed by atoms with Crippen LogP contribution in [0.25, 0.3) is 11.3 Å². The lowest BCUT2D eigenvalue weighted by molar-refractivity contribution is -0.193. The maximum absolute atomic E-state index is 13.4. The van der Waals surface area contributed by atoms with Crippen LogP contribution in [0.4, 0.5) is 30.9 Å². The number of hydrogen-bond donors (Lipinski definition) is 2. The first kappa shape index (κ1) is 25.4. The summed E-state index contributed by atoms with van der Waals surface area (Å²) in [7, 11) is 0. The van der Waals surface area contributed by atoms with Gasteiger partial charge in [-0.3, -0.25) is 4.79 Å². The minimum Gasteiger partial charge on any atom is -0.378 e. The van der Waals surface area contributed by atoms with Crippen LogP contribution in [0.5, 0.6) is 0 Å². The SMILES string of the molecule is C[C@]1(N2CCc3c(-c4cnc(N)nc4)nc(N4CCOCC4)nc32)CCN(C(=O)[C@](C)(N)C(F)(F)F)C1. The van der Waals surface area contributed by atoms with E-state index in [0.29, 0.717) is 68.7 Å². The van der Waals surface area contributed by atoms with E-state index in [1.165, 1.54) is 4.90 Å². The van der Waals surface area contributed by atoms with Gasteiger partial charge < -0.3 is 30.9 Å². The van der Waals surface area contributed by atoms with Crippen molar-refractivity contribution in [3.63, 3.8) is 0 Å². The zero-order valence-corrected chi connectivity index (χ0v) is 20.8. The molecule has 5 rings (SSSR count). The fourth-order valence-corrected chi connectivity index (χ4v) is 5.16. The van der Waals surface area contributed by atoms with Gasteiger partial charge in [0.15, 0.2) is 5.54 Å². The number of alkyl halides is 3. The van der Waals surface area contributed by atoms with Crippen molar-refractivity contribution < 1.29 is 22.7 Å². The van der Waals surface area contributed by atoms with Crippen molar-refractivity contribution in [1.29, 1.82) is 0 Å². The summed E-state index contributed by atoms with van der Waals surface area (Å²) in [5, 5.41) is 0. The highest BCUT2D eigenvalue weighted by molar-refractivity contribution is 5.87. The highest BCUT2D eigenvalue weighted by Gasteiger charge is 2.57. The number of carbonyl (C=O) groups is 1. The minimum absolute atomic E-state index is 0.103. The molecule has 200 valence electrons. The van der Waals surface area contributed by atoms with E-state index in [4.69, 9.17) is 26.2 Å². The monoisotopic (exact) mass is 521 g/mol. The number of nitrogens with zero attached hydrogens (tertiary/aromatic N) is 7. The summed E-state index contributed by atoms with van der Waals surface area (Å²) < 4.78 is 45.8. The van der Waals surface area contributed by atoms with E-state index in [1.807, 2.05) is 11.8 Å². The third kappa shape index (κ3) is 4.41. The van der Waals surface area contributed by atoms with Gasteiger partial charge in [-0.1, -0.05) is 0 Å². The number of carbonyl (C=O) groups excluding carboxylic acids is 1. The van der Waals surface area contributed by atoms with Crippen LogP contribution in [-0.4, -0.2) is 93.9 Å². The van der Waals surface area contributed by atoms with Crippen molar-refractivity contribution in [3.05, 3.63) is 18.0 Å². The Bertz CT molecular complexity index is 1190. The Morgan fingerprint density at radius 2 is 1.78 bits per heavy atom. The molecule has 0 aliphatic carbocycles. The number of nitrogen functional groups attached to an aromatic ring is 1. The second-order valence-corrected chi connectivity index (χ2v) is 10.2. The minimum atomic E-state index is -4.85. The summed E-state index contributed by atoms with van der Waals surface area (Å²) in [6.45, 7) is 5.88. The first-order valence-corrected chi connectivity index (χ1v) is 12.1. The first-order valence-electron chi connectivity index (χ1n) is 12.1. The third-order valence-electron chi connectivity index (χ3n) is 7.48. The Hall–Kier alpha value is -3.26. The lowest BCUT2D eigenvalue weighted by atomic mass is 9.98. The van der Waals surface area contributed by atoms with Crippen molar-refractivity contribution in [2.45, 2.75) is 43.9 Å². The van der Waals surface area contributed by atoms with Crippen LogP contribution >= 0.6 is 0 Å². The second kappa shape index (κ2) is 8.94. The van der Waals surface area contributed by atoms with Gasteiger partial charge in [0.1, 0.15) is 5.82 Å².